The number of hydrogen-bond acceptors (Lipinski definition) is 4. The van der Waals surface area contributed by atoms with E-state index in [9.17, 15) is 0 Å². The average molecular weight is 494 g/mol. The van der Waals surface area contributed by atoms with Crippen LogP contribution in [-0.2, 0) is 6.54 Å². The Kier molecular flexibility index (Phi) is 11.7. The summed E-state index contributed by atoms with van der Waals surface area (Å²) in [6.45, 7) is 9.93. The molecule has 1 saturated carbocycles. The quantitative estimate of drug-likeness (QED) is 0.248. The topological polar surface area (TPSA) is 52.6 Å². The molecule has 150 valence electrons. The molecule has 7 heteroatoms. The van der Waals surface area contributed by atoms with Crippen LogP contribution in [0.3, 0.4) is 0 Å². The molecule has 0 radical (unpaired) electrons. The zero-order chi connectivity index (χ0) is 18.1. The number of aliphatic imine (C=N–C) groups is 1. The van der Waals surface area contributed by atoms with Gasteiger partial charge in [0.2, 0.25) is 0 Å². The molecule has 26 heavy (non-hydrogen) atoms. The zero-order valence-electron chi connectivity index (χ0n) is 16.8. The molecule has 0 bridgehead atoms. The van der Waals surface area contributed by atoms with E-state index in [0.717, 1.165) is 48.8 Å². The third kappa shape index (κ3) is 8.08. The van der Waals surface area contributed by atoms with Crippen LogP contribution in [0.25, 0.3) is 0 Å². The Balaban J connectivity index is 0.00000338. The van der Waals surface area contributed by atoms with E-state index >= 15 is 0 Å². The molecule has 5 nitrogen and oxygen atoms in total. The number of thiazole rings is 1. The minimum atomic E-state index is 0. The summed E-state index contributed by atoms with van der Waals surface area (Å²) in [7, 11) is 2.28. The van der Waals surface area contributed by atoms with Crippen molar-refractivity contribution in [3.63, 3.8) is 0 Å². The molecule has 1 aliphatic carbocycles. The molecular formula is C19H36IN5S. The van der Waals surface area contributed by atoms with E-state index < -0.39 is 0 Å². The van der Waals surface area contributed by atoms with Gasteiger partial charge in [0, 0.05) is 24.0 Å². The van der Waals surface area contributed by atoms with Gasteiger partial charge in [-0.05, 0) is 53.6 Å². The van der Waals surface area contributed by atoms with Crippen LogP contribution in [0, 0.1) is 13.8 Å². The molecule has 1 heterocycles. The number of halogens is 1. The second kappa shape index (κ2) is 12.9. The fourth-order valence-electron chi connectivity index (χ4n) is 3.45. The highest BCUT2D eigenvalue weighted by Crippen LogP contribution is 2.21. The predicted molar refractivity (Wildman–Crippen MR) is 124 cm³/mol. The molecule has 0 saturated heterocycles. The van der Waals surface area contributed by atoms with E-state index in [1.165, 1.54) is 37.0 Å². The summed E-state index contributed by atoms with van der Waals surface area (Å²) in [4.78, 5) is 13.0. The molecule has 1 aromatic heterocycles. The van der Waals surface area contributed by atoms with E-state index in [1.54, 1.807) is 11.3 Å². The molecular weight excluding hydrogens is 457 g/mol. The molecule has 1 aromatic rings. The Bertz CT molecular complexity index is 540. The van der Waals surface area contributed by atoms with Crippen LogP contribution in [0.2, 0.25) is 0 Å². The second-order valence-corrected chi connectivity index (χ2v) is 8.28. The third-order valence-electron chi connectivity index (χ3n) is 4.90. The summed E-state index contributed by atoms with van der Waals surface area (Å²) in [5.74, 6) is 0.910. The number of aromatic nitrogens is 1. The number of nitrogens with one attached hydrogen (secondary N) is 2. The molecule has 0 amide bonds. The van der Waals surface area contributed by atoms with Gasteiger partial charge in [0.15, 0.2) is 5.96 Å². The van der Waals surface area contributed by atoms with Crippen molar-refractivity contribution < 1.29 is 0 Å². The van der Waals surface area contributed by atoms with Gasteiger partial charge >= 0.3 is 0 Å². The van der Waals surface area contributed by atoms with Gasteiger partial charge in [0.25, 0.3) is 0 Å². The maximum absolute atomic E-state index is 4.72. The van der Waals surface area contributed by atoms with Gasteiger partial charge in [0.05, 0.1) is 17.2 Å². The first-order valence-electron chi connectivity index (χ1n) is 9.75. The summed E-state index contributed by atoms with van der Waals surface area (Å²) in [6, 6.07) is 0.799. The van der Waals surface area contributed by atoms with Gasteiger partial charge in [-0.25, -0.2) is 9.98 Å². The van der Waals surface area contributed by atoms with Crippen LogP contribution >= 0.6 is 35.3 Å². The van der Waals surface area contributed by atoms with Gasteiger partial charge in [-0.3, -0.25) is 0 Å². The van der Waals surface area contributed by atoms with Gasteiger partial charge < -0.3 is 15.5 Å². The minimum absolute atomic E-state index is 0. The van der Waals surface area contributed by atoms with Crippen LogP contribution in [0.1, 0.15) is 61.0 Å². The van der Waals surface area contributed by atoms with Gasteiger partial charge in [0.1, 0.15) is 0 Å². The van der Waals surface area contributed by atoms with Crippen LogP contribution < -0.4 is 10.6 Å². The summed E-state index contributed by atoms with van der Waals surface area (Å²) in [5.41, 5.74) is 1.11. The average Bonchev–Trinajstić information content (AvgIpc) is 2.94. The highest BCUT2D eigenvalue weighted by atomic mass is 127. The fourth-order valence-corrected chi connectivity index (χ4v) is 4.31. The summed E-state index contributed by atoms with van der Waals surface area (Å²) in [5, 5.41) is 7.93. The van der Waals surface area contributed by atoms with Crippen molar-refractivity contribution in [1.29, 1.82) is 0 Å². The van der Waals surface area contributed by atoms with Crippen molar-refractivity contribution in [1.82, 2.24) is 20.5 Å². The first-order valence-corrected chi connectivity index (χ1v) is 10.6. The molecule has 0 aliphatic heterocycles. The summed E-state index contributed by atoms with van der Waals surface area (Å²) >= 11 is 1.74. The van der Waals surface area contributed by atoms with Gasteiger partial charge in [-0.2, -0.15) is 0 Å². The zero-order valence-corrected chi connectivity index (χ0v) is 20.0. The van der Waals surface area contributed by atoms with E-state index in [-0.39, 0.29) is 24.0 Å². The van der Waals surface area contributed by atoms with E-state index in [4.69, 9.17) is 4.99 Å². The van der Waals surface area contributed by atoms with E-state index in [0.29, 0.717) is 6.54 Å². The Labute approximate surface area is 180 Å². The number of guanidine groups is 1. The molecule has 0 spiro atoms. The molecule has 0 aromatic carbocycles. The molecule has 0 unspecified atom stereocenters. The Hall–Kier alpha value is -0.410. The predicted octanol–water partition coefficient (Wildman–Crippen LogP) is 4.09. The van der Waals surface area contributed by atoms with E-state index in [2.05, 4.69) is 48.3 Å². The van der Waals surface area contributed by atoms with E-state index in [1.807, 2.05) is 0 Å². The molecule has 1 aliphatic rings. The van der Waals surface area contributed by atoms with Crippen molar-refractivity contribution in [2.24, 2.45) is 4.99 Å². The number of aryl methyl sites for hydroxylation is 2. The lowest BCUT2D eigenvalue weighted by Gasteiger charge is -2.31. The molecule has 2 rings (SSSR count). The molecule has 0 atom stereocenters. The lowest BCUT2D eigenvalue weighted by atomic mass is 9.94. The lowest BCUT2D eigenvalue weighted by Crippen LogP contribution is -2.39. The first kappa shape index (κ1) is 23.6. The highest BCUT2D eigenvalue weighted by molar-refractivity contribution is 14.0. The van der Waals surface area contributed by atoms with Gasteiger partial charge in [-0.1, -0.05) is 19.3 Å². The van der Waals surface area contributed by atoms with Crippen LogP contribution in [0.5, 0.6) is 0 Å². The second-order valence-electron chi connectivity index (χ2n) is 6.99. The monoisotopic (exact) mass is 493 g/mol. The molecule has 1 fully saturated rings. The Morgan fingerprint density at radius 2 is 1.96 bits per heavy atom. The van der Waals surface area contributed by atoms with Crippen molar-refractivity contribution in [3.8, 4) is 0 Å². The number of rotatable bonds is 8. The van der Waals surface area contributed by atoms with Crippen LogP contribution in [0.15, 0.2) is 4.99 Å². The SMILES string of the molecule is CCNC(=NCc1sc(C)nc1C)NCCCN(C)C1CCCCC1.I. The minimum Gasteiger partial charge on any atom is -0.357 e. The highest BCUT2D eigenvalue weighted by Gasteiger charge is 2.17. The first-order chi connectivity index (χ1) is 12.1. The standard InChI is InChI=1S/C19H35N5S.HI/c1-5-20-19(22-14-18-15(2)23-16(3)25-18)21-12-9-13-24(4)17-10-7-6-8-11-17;/h17H,5-14H2,1-4H3,(H2,20,21,22);1H. The van der Waals surface area contributed by atoms with Crippen molar-refractivity contribution in [3.05, 3.63) is 15.6 Å². The number of nitrogens with zero attached hydrogens (tertiary/aromatic N) is 3. The maximum atomic E-state index is 4.72. The summed E-state index contributed by atoms with van der Waals surface area (Å²) < 4.78 is 0. The van der Waals surface area contributed by atoms with Crippen LogP contribution in [0.4, 0.5) is 0 Å². The largest absolute Gasteiger partial charge is 0.357 e. The van der Waals surface area contributed by atoms with Crippen LogP contribution in [-0.4, -0.2) is 48.6 Å². The molecule has 2 N–H and O–H groups in total. The normalized spacial score (nSPS) is 15.8. The van der Waals surface area contributed by atoms with Crippen molar-refractivity contribution in [2.45, 2.75) is 71.9 Å². The Morgan fingerprint density at radius 1 is 1.23 bits per heavy atom. The lowest BCUT2D eigenvalue weighted by molar-refractivity contribution is 0.190. The summed E-state index contributed by atoms with van der Waals surface area (Å²) in [6.07, 6.45) is 8.13. The smallest absolute Gasteiger partial charge is 0.191 e. The third-order valence-corrected chi connectivity index (χ3v) is 5.96. The Morgan fingerprint density at radius 3 is 2.58 bits per heavy atom. The van der Waals surface area contributed by atoms with Crippen molar-refractivity contribution in [2.75, 3.05) is 26.7 Å². The van der Waals surface area contributed by atoms with Crippen molar-refractivity contribution >= 4 is 41.3 Å². The fraction of sp³-hybridized carbons (Fsp3) is 0.789. The van der Waals surface area contributed by atoms with Gasteiger partial charge in [-0.15, -0.1) is 35.3 Å². The number of hydrogen-bond donors (Lipinski definition) is 2. The maximum Gasteiger partial charge on any atom is 0.191 e.